The summed E-state index contributed by atoms with van der Waals surface area (Å²) in [5.74, 6) is -0.864. The Hall–Kier alpha value is -4.13. The summed E-state index contributed by atoms with van der Waals surface area (Å²) in [6.45, 7) is 2.11. The Morgan fingerprint density at radius 3 is 2.55 bits per heavy atom. The van der Waals surface area contributed by atoms with Gasteiger partial charge in [0.1, 0.15) is 17.3 Å². The Bertz CT molecular complexity index is 1240. The van der Waals surface area contributed by atoms with E-state index >= 15 is 0 Å². The predicted octanol–water partition coefficient (Wildman–Crippen LogP) is 4.03. The van der Waals surface area contributed by atoms with E-state index in [2.05, 4.69) is 4.98 Å². The van der Waals surface area contributed by atoms with E-state index in [9.17, 15) is 14.7 Å². The molecule has 1 N–H and O–H groups in total. The van der Waals surface area contributed by atoms with Crippen molar-refractivity contribution in [2.24, 2.45) is 0 Å². The van der Waals surface area contributed by atoms with Crippen molar-refractivity contribution in [3.8, 4) is 11.5 Å². The number of aliphatic hydroxyl groups excluding tert-OH is 1. The average Bonchev–Trinajstić information content (AvgIpc) is 3.08. The largest absolute Gasteiger partial charge is 0.507 e. The zero-order valence-electron chi connectivity index (χ0n) is 18.6. The predicted molar refractivity (Wildman–Crippen MR) is 123 cm³/mol. The van der Waals surface area contributed by atoms with Gasteiger partial charge < -0.3 is 19.5 Å². The zero-order chi connectivity index (χ0) is 23.5. The molecule has 2 aromatic carbocycles. The van der Waals surface area contributed by atoms with Crippen LogP contribution in [0.2, 0.25) is 0 Å². The van der Waals surface area contributed by atoms with Crippen LogP contribution in [-0.2, 0) is 16.1 Å². The lowest BCUT2D eigenvalue weighted by molar-refractivity contribution is -0.140. The molecule has 4 rings (SSSR count). The van der Waals surface area contributed by atoms with Crippen molar-refractivity contribution in [3.63, 3.8) is 0 Å². The molecule has 1 atom stereocenters. The van der Waals surface area contributed by atoms with Crippen molar-refractivity contribution in [2.45, 2.75) is 19.5 Å². The number of hydrogen-bond donors (Lipinski definition) is 1. The Labute approximate surface area is 191 Å². The van der Waals surface area contributed by atoms with Gasteiger partial charge in [0, 0.05) is 25.0 Å². The van der Waals surface area contributed by atoms with Crippen molar-refractivity contribution in [1.29, 1.82) is 0 Å². The zero-order valence-corrected chi connectivity index (χ0v) is 18.6. The molecular weight excluding hydrogens is 420 g/mol. The monoisotopic (exact) mass is 444 g/mol. The fraction of sp³-hybridized carbons (Fsp3) is 0.192. The van der Waals surface area contributed by atoms with E-state index in [0.717, 1.165) is 16.7 Å². The van der Waals surface area contributed by atoms with Gasteiger partial charge in [-0.2, -0.15) is 0 Å². The minimum Gasteiger partial charge on any atom is -0.507 e. The molecule has 168 valence electrons. The van der Waals surface area contributed by atoms with Gasteiger partial charge in [-0.15, -0.1) is 0 Å². The van der Waals surface area contributed by atoms with Crippen LogP contribution in [0.4, 0.5) is 0 Å². The van der Waals surface area contributed by atoms with Crippen LogP contribution in [0.15, 0.2) is 72.6 Å². The molecule has 1 fully saturated rings. The van der Waals surface area contributed by atoms with Crippen molar-refractivity contribution in [1.82, 2.24) is 9.88 Å². The van der Waals surface area contributed by atoms with Crippen LogP contribution in [0.5, 0.6) is 11.5 Å². The van der Waals surface area contributed by atoms with Crippen LogP contribution in [-0.4, -0.2) is 40.9 Å². The molecular formula is C26H24N2O5. The van der Waals surface area contributed by atoms with Gasteiger partial charge >= 0.3 is 0 Å². The number of ketones is 1. The van der Waals surface area contributed by atoms with Gasteiger partial charge in [0.2, 0.25) is 0 Å². The number of aliphatic hydroxyl groups is 1. The summed E-state index contributed by atoms with van der Waals surface area (Å²) < 4.78 is 10.7. The highest BCUT2D eigenvalue weighted by molar-refractivity contribution is 6.46. The number of ether oxygens (including phenoxy) is 2. The first kappa shape index (κ1) is 22.1. The van der Waals surface area contributed by atoms with Crippen LogP contribution in [0.3, 0.4) is 0 Å². The lowest BCUT2D eigenvalue weighted by Gasteiger charge is -2.25. The number of likely N-dealkylation sites (tertiary alicyclic amines) is 1. The van der Waals surface area contributed by atoms with Crippen LogP contribution in [0.25, 0.3) is 5.76 Å². The number of benzene rings is 2. The molecule has 0 spiro atoms. The molecule has 3 aromatic rings. The summed E-state index contributed by atoms with van der Waals surface area (Å²) in [6, 6.07) is 15.3. The number of hydrogen-bond acceptors (Lipinski definition) is 6. The van der Waals surface area contributed by atoms with E-state index < -0.39 is 17.7 Å². The van der Waals surface area contributed by atoms with E-state index in [-0.39, 0.29) is 17.9 Å². The van der Waals surface area contributed by atoms with Crippen molar-refractivity contribution < 1.29 is 24.2 Å². The van der Waals surface area contributed by atoms with Gasteiger partial charge in [0.05, 0.1) is 31.4 Å². The third-order valence-electron chi connectivity index (χ3n) is 5.64. The highest BCUT2D eigenvalue weighted by Gasteiger charge is 2.46. The number of nitrogens with zero attached hydrogens (tertiary/aromatic N) is 2. The Kier molecular flexibility index (Phi) is 6.13. The molecule has 0 aliphatic carbocycles. The van der Waals surface area contributed by atoms with E-state index in [0.29, 0.717) is 17.1 Å². The number of carbonyl (C=O) groups is 2. The van der Waals surface area contributed by atoms with Crippen molar-refractivity contribution in [2.75, 3.05) is 14.2 Å². The average molecular weight is 444 g/mol. The van der Waals surface area contributed by atoms with Crippen LogP contribution >= 0.6 is 0 Å². The van der Waals surface area contributed by atoms with Gasteiger partial charge in [0.25, 0.3) is 11.7 Å². The molecule has 1 saturated heterocycles. The Morgan fingerprint density at radius 1 is 1.06 bits per heavy atom. The number of rotatable bonds is 6. The topological polar surface area (TPSA) is 89.0 Å². The number of Topliss-reactive ketones (excluding diaryl/α,β-unsaturated/α-hetero) is 1. The molecule has 0 saturated carbocycles. The number of aromatic nitrogens is 1. The normalized spacial score (nSPS) is 17.3. The molecule has 0 radical (unpaired) electrons. The summed E-state index contributed by atoms with van der Waals surface area (Å²) >= 11 is 0. The maximum absolute atomic E-state index is 13.2. The summed E-state index contributed by atoms with van der Waals surface area (Å²) in [5.41, 5.74) is 2.79. The first-order valence-corrected chi connectivity index (χ1v) is 10.4. The second kappa shape index (κ2) is 9.16. The SMILES string of the molecule is COc1ccc(/C(O)=C2/C(=O)C(=O)N(Cc3cccnc3)C2c2cccc(C)c2)c(OC)c1. The third-order valence-corrected chi connectivity index (χ3v) is 5.64. The fourth-order valence-corrected chi connectivity index (χ4v) is 4.06. The highest BCUT2D eigenvalue weighted by Crippen LogP contribution is 2.42. The van der Waals surface area contributed by atoms with Crippen molar-refractivity contribution >= 4 is 17.4 Å². The maximum Gasteiger partial charge on any atom is 0.295 e. The maximum atomic E-state index is 13.2. The van der Waals surface area contributed by atoms with Gasteiger partial charge in [-0.1, -0.05) is 35.9 Å². The fourth-order valence-electron chi connectivity index (χ4n) is 4.06. The minimum atomic E-state index is -0.767. The van der Waals surface area contributed by atoms with E-state index in [1.807, 2.05) is 37.3 Å². The van der Waals surface area contributed by atoms with Gasteiger partial charge in [-0.05, 0) is 36.2 Å². The van der Waals surface area contributed by atoms with Crippen LogP contribution in [0.1, 0.15) is 28.3 Å². The summed E-state index contributed by atoms with van der Waals surface area (Å²) in [5, 5.41) is 11.3. The standard InChI is InChI=1S/C26H24N2O5/c1-16-6-4-8-18(12-16)23-22(24(29)20-10-9-19(32-2)13-21(20)33-3)25(30)26(31)28(23)15-17-7-5-11-27-14-17/h4-14,23,29H,15H2,1-3H3/b24-22-. The number of amides is 1. The molecule has 7 heteroatoms. The smallest absolute Gasteiger partial charge is 0.295 e. The van der Waals surface area contributed by atoms with Crippen molar-refractivity contribution in [3.05, 3.63) is 94.8 Å². The second-order valence-corrected chi connectivity index (χ2v) is 7.77. The first-order valence-electron chi connectivity index (χ1n) is 10.4. The van der Waals surface area contributed by atoms with E-state index in [4.69, 9.17) is 9.47 Å². The molecule has 1 unspecified atom stereocenters. The Morgan fingerprint density at radius 2 is 1.88 bits per heavy atom. The third kappa shape index (κ3) is 4.17. The summed E-state index contributed by atoms with van der Waals surface area (Å²) in [7, 11) is 2.99. The lowest BCUT2D eigenvalue weighted by atomic mass is 9.94. The van der Waals surface area contributed by atoms with Gasteiger partial charge in [-0.25, -0.2) is 0 Å². The number of carbonyl (C=O) groups excluding carboxylic acids is 2. The first-order chi connectivity index (χ1) is 15.9. The molecule has 1 amide bonds. The van der Waals surface area contributed by atoms with Gasteiger partial charge in [0.15, 0.2) is 0 Å². The quantitative estimate of drug-likeness (QED) is 0.351. The number of methoxy groups -OCH3 is 2. The summed E-state index contributed by atoms with van der Waals surface area (Å²) in [6.07, 6.45) is 3.30. The second-order valence-electron chi connectivity index (χ2n) is 7.77. The molecule has 1 aliphatic rings. The number of pyridine rings is 1. The highest BCUT2D eigenvalue weighted by atomic mass is 16.5. The minimum absolute atomic E-state index is 0.0120. The molecule has 2 heterocycles. The van der Waals surface area contributed by atoms with E-state index in [1.165, 1.54) is 19.1 Å². The molecule has 1 aromatic heterocycles. The van der Waals surface area contributed by atoms with E-state index in [1.54, 1.807) is 36.7 Å². The van der Waals surface area contributed by atoms with Crippen LogP contribution < -0.4 is 9.47 Å². The van der Waals surface area contributed by atoms with Crippen LogP contribution in [0, 0.1) is 6.92 Å². The molecule has 1 aliphatic heterocycles. The lowest BCUT2D eigenvalue weighted by Crippen LogP contribution is -2.29. The summed E-state index contributed by atoms with van der Waals surface area (Å²) in [4.78, 5) is 31.9. The molecule has 7 nitrogen and oxygen atoms in total. The number of aryl methyl sites for hydroxylation is 1. The van der Waals surface area contributed by atoms with Gasteiger partial charge in [-0.3, -0.25) is 14.6 Å². The molecule has 0 bridgehead atoms. The molecule has 33 heavy (non-hydrogen) atoms. The Balaban J connectivity index is 1.90.